The molecule has 4 aromatic carbocycles. The molecule has 0 bridgehead atoms. The highest BCUT2D eigenvalue weighted by molar-refractivity contribution is 5.66. The van der Waals surface area contributed by atoms with Gasteiger partial charge in [-0.3, -0.25) is 0 Å². The number of unbranched alkanes of at least 4 members (excludes halogenated alkanes) is 2. The van der Waals surface area contributed by atoms with E-state index in [0.717, 1.165) is 104 Å². The molecule has 7 nitrogen and oxygen atoms in total. The fourth-order valence-electron chi connectivity index (χ4n) is 5.67. The Morgan fingerprint density at radius 1 is 0.510 bits per heavy atom. The fraction of sp³-hybridized carbons (Fsp3) is 0.310. The molecule has 0 saturated carbocycles. The zero-order valence-corrected chi connectivity index (χ0v) is 28.0. The summed E-state index contributed by atoms with van der Waals surface area (Å²) in [7, 11) is 0. The minimum Gasteiger partial charge on any atom is -0.494 e. The zero-order valence-electron chi connectivity index (χ0n) is 28.0. The van der Waals surface area contributed by atoms with Crippen LogP contribution in [0.3, 0.4) is 0 Å². The molecule has 0 spiro atoms. The van der Waals surface area contributed by atoms with E-state index in [1.54, 1.807) is 0 Å². The maximum atomic E-state index is 6.13. The number of aromatic nitrogens is 1. The summed E-state index contributed by atoms with van der Waals surface area (Å²) in [6, 6.07) is 36.3. The van der Waals surface area contributed by atoms with Crippen LogP contribution >= 0.6 is 0 Å². The van der Waals surface area contributed by atoms with Gasteiger partial charge in [0.25, 0.3) is 0 Å². The van der Waals surface area contributed by atoms with Gasteiger partial charge in [-0.25, -0.2) is 0 Å². The normalized spacial score (nSPS) is 16.2. The van der Waals surface area contributed by atoms with Gasteiger partial charge in [-0.05, 0) is 122 Å². The molecular weight excluding hydrogens is 614 g/mol. The van der Waals surface area contributed by atoms with Crippen molar-refractivity contribution in [3.8, 4) is 57.0 Å². The second-order valence-electron chi connectivity index (χ2n) is 12.7. The number of hydrogen-bond donors (Lipinski definition) is 0. The minimum atomic E-state index is 0.477. The van der Waals surface area contributed by atoms with Gasteiger partial charge < -0.3 is 28.4 Å². The topological polar surface area (TPSA) is 74.9 Å². The first kappa shape index (κ1) is 32.7. The Hall–Kier alpha value is -4.85. The molecule has 2 saturated heterocycles. The third-order valence-electron chi connectivity index (χ3n) is 8.63. The first-order valence-corrected chi connectivity index (χ1v) is 17.4. The van der Waals surface area contributed by atoms with Gasteiger partial charge in [-0.15, -0.1) is 0 Å². The summed E-state index contributed by atoms with van der Waals surface area (Å²) in [6.45, 7) is 5.31. The van der Waals surface area contributed by atoms with Crippen LogP contribution < -0.4 is 18.9 Å². The molecule has 7 rings (SSSR count). The van der Waals surface area contributed by atoms with E-state index in [0.29, 0.717) is 35.5 Å². The van der Waals surface area contributed by atoms with Crippen LogP contribution in [0.2, 0.25) is 0 Å². The fourth-order valence-corrected chi connectivity index (χ4v) is 5.67. The summed E-state index contributed by atoms with van der Waals surface area (Å²) < 4.78 is 34.6. The van der Waals surface area contributed by atoms with E-state index in [2.05, 4.69) is 29.2 Å². The number of rotatable bonds is 18. The molecule has 7 heteroatoms. The third-order valence-corrected chi connectivity index (χ3v) is 8.63. The molecule has 2 aliphatic heterocycles. The van der Waals surface area contributed by atoms with E-state index in [-0.39, 0.29) is 0 Å². The SMILES string of the molecule is Cc1cc(Oc2ccc(-c3ccc(OCCCCC4CO4)cc3)cc2)nc(Oc2ccc(-c3ccc(OCCCCC4CO4)cc3)cc2)c1. The van der Waals surface area contributed by atoms with Gasteiger partial charge in [0, 0.05) is 12.1 Å². The Kier molecular flexibility index (Phi) is 10.7. The summed E-state index contributed by atoms with van der Waals surface area (Å²) in [5, 5.41) is 0. The molecule has 0 N–H and O–H groups in total. The summed E-state index contributed by atoms with van der Waals surface area (Å²) in [6.07, 6.45) is 7.63. The Morgan fingerprint density at radius 3 is 1.20 bits per heavy atom. The van der Waals surface area contributed by atoms with E-state index in [9.17, 15) is 0 Å². The molecule has 0 radical (unpaired) electrons. The van der Waals surface area contributed by atoms with Crippen molar-refractivity contribution in [3.05, 3.63) is 115 Å². The monoisotopic (exact) mass is 657 g/mol. The van der Waals surface area contributed by atoms with E-state index >= 15 is 0 Å². The van der Waals surface area contributed by atoms with Crippen LogP contribution in [-0.4, -0.2) is 43.6 Å². The molecule has 2 aliphatic rings. The maximum Gasteiger partial charge on any atom is 0.222 e. The van der Waals surface area contributed by atoms with Crippen molar-refractivity contribution in [3.63, 3.8) is 0 Å². The number of nitrogens with zero attached hydrogens (tertiary/aromatic N) is 1. The van der Waals surface area contributed by atoms with Gasteiger partial charge >= 0.3 is 0 Å². The van der Waals surface area contributed by atoms with Crippen LogP contribution in [0.4, 0.5) is 0 Å². The number of aryl methyl sites for hydroxylation is 1. The Morgan fingerprint density at radius 2 is 0.857 bits per heavy atom. The van der Waals surface area contributed by atoms with Crippen molar-refractivity contribution in [2.75, 3.05) is 26.4 Å². The van der Waals surface area contributed by atoms with E-state index < -0.39 is 0 Å². The first-order chi connectivity index (χ1) is 24.1. The predicted molar refractivity (Wildman–Crippen MR) is 191 cm³/mol. The molecule has 1 aromatic heterocycles. The van der Waals surface area contributed by atoms with Crippen molar-refractivity contribution < 1.29 is 28.4 Å². The van der Waals surface area contributed by atoms with E-state index in [1.165, 1.54) is 0 Å². The van der Waals surface area contributed by atoms with Crippen molar-refractivity contribution >= 4 is 0 Å². The standard InChI is InChI=1S/C42H43NO6/c1-30-26-41(48-37-20-12-33(13-21-37)31-8-16-35(17-9-31)44-24-4-2-6-39-28-46-39)43-42(27-30)49-38-22-14-34(15-23-38)32-10-18-36(19-11-32)45-25-5-3-7-40-29-47-40/h8-23,26-27,39-40H,2-7,24-25,28-29H2,1H3. The average molecular weight is 658 g/mol. The summed E-state index contributed by atoms with van der Waals surface area (Å²) in [4.78, 5) is 4.62. The van der Waals surface area contributed by atoms with Crippen LogP contribution in [0.15, 0.2) is 109 Å². The Bertz CT molecular complexity index is 1630. The smallest absolute Gasteiger partial charge is 0.222 e. The van der Waals surface area contributed by atoms with Crippen molar-refractivity contribution in [1.29, 1.82) is 0 Å². The first-order valence-electron chi connectivity index (χ1n) is 17.4. The van der Waals surface area contributed by atoms with Gasteiger partial charge in [-0.1, -0.05) is 48.5 Å². The number of pyridine rings is 1. The highest BCUT2D eigenvalue weighted by Crippen LogP contribution is 2.31. The number of benzene rings is 4. The van der Waals surface area contributed by atoms with Gasteiger partial charge in [0.05, 0.1) is 38.6 Å². The molecule has 0 amide bonds. The van der Waals surface area contributed by atoms with E-state index in [1.807, 2.05) is 91.9 Å². The molecular formula is C42H43NO6. The summed E-state index contributed by atoms with van der Waals surface area (Å²) >= 11 is 0. The minimum absolute atomic E-state index is 0.477. The lowest BCUT2D eigenvalue weighted by molar-refractivity contribution is 0.299. The highest BCUT2D eigenvalue weighted by atomic mass is 16.6. The largest absolute Gasteiger partial charge is 0.494 e. The van der Waals surface area contributed by atoms with Crippen molar-refractivity contribution in [1.82, 2.24) is 4.98 Å². The van der Waals surface area contributed by atoms with Gasteiger partial charge in [0.2, 0.25) is 11.8 Å². The Balaban J connectivity index is 0.890. The van der Waals surface area contributed by atoms with Crippen LogP contribution in [0.5, 0.6) is 34.8 Å². The van der Waals surface area contributed by atoms with E-state index in [4.69, 9.17) is 28.4 Å². The molecule has 252 valence electrons. The second-order valence-corrected chi connectivity index (χ2v) is 12.7. The summed E-state index contributed by atoms with van der Waals surface area (Å²) in [5.41, 5.74) is 5.43. The van der Waals surface area contributed by atoms with Crippen molar-refractivity contribution in [2.24, 2.45) is 0 Å². The quantitative estimate of drug-likeness (QED) is 0.0686. The Labute approximate surface area is 288 Å². The molecule has 2 unspecified atom stereocenters. The van der Waals surface area contributed by atoms with Crippen LogP contribution in [0.1, 0.15) is 44.1 Å². The summed E-state index contributed by atoms with van der Waals surface area (Å²) in [5.74, 6) is 4.14. The molecule has 3 heterocycles. The average Bonchev–Trinajstić information content (AvgIpc) is 4.06. The van der Waals surface area contributed by atoms with Crippen LogP contribution in [0.25, 0.3) is 22.3 Å². The molecule has 2 fully saturated rings. The number of epoxide rings is 2. The lowest BCUT2D eigenvalue weighted by Crippen LogP contribution is -1.98. The lowest BCUT2D eigenvalue weighted by atomic mass is 10.1. The third kappa shape index (κ3) is 10.1. The van der Waals surface area contributed by atoms with Crippen LogP contribution in [-0.2, 0) is 9.47 Å². The maximum absolute atomic E-state index is 6.13. The van der Waals surface area contributed by atoms with Gasteiger partial charge in [0.15, 0.2) is 0 Å². The molecule has 0 aliphatic carbocycles. The second kappa shape index (κ2) is 16.0. The predicted octanol–water partition coefficient (Wildman–Crippen LogP) is 10.2. The molecule has 49 heavy (non-hydrogen) atoms. The van der Waals surface area contributed by atoms with Gasteiger partial charge in [-0.2, -0.15) is 4.98 Å². The number of ether oxygens (including phenoxy) is 6. The van der Waals surface area contributed by atoms with Gasteiger partial charge in [0.1, 0.15) is 23.0 Å². The highest BCUT2D eigenvalue weighted by Gasteiger charge is 2.21. The van der Waals surface area contributed by atoms with Crippen LogP contribution in [0, 0.1) is 6.92 Å². The zero-order chi connectivity index (χ0) is 33.3. The van der Waals surface area contributed by atoms with Crippen molar-refractivity contribution in [2.45, 2.75) is 57.7 Å². The molecule has 5 aromatic rings. The molecule has 2 atom stereocenters. The number of hydrogen-bond acceptors (Lipinski definition) is 7. The lowest BCUT2D eigenvalue weighted by Gasteiger charge is -2.11.